The maximum Gasteiger partial charge on any atom is 0.231 e. The molecule has 0 unspecified atom stereocenters. The van der Waals surface area contributed by atoms with Gasteiger partial charge in [0.15, 0.2) is 5.96 Å². The molecule has 1 aliphatic heterocycles. The number of nitriles is 1. The number of carbonyl (C=O) groups is 1. The molecule has 2 heterocycles. The van der Waals surface area contributed by atoms with Gasteiger partial charge in [-0.25, -0.2) is 4.99 Å². The highest BCUT2D eigenvalue weighted by Gasteiger charge is 2.38. The van der Waals surface area contributed by atoms with Gasteiger partial charge in [0.2, 0.25) is 5.91 Å². The van der Waals surface area contributed by atoms with Crippen molar-refractivity contribution in [1.82, 2.24) is 4.90 Å². The Bertz CT molecular complexity index is 846. The van der Waals surface area contributed by atoms with Crippen LogP contribution in [0.25, 0.3) is 11.1 Å². The van der Waals surface area contributed by atoms with Gasteiger partial charge in [-0.1, -0.05) is 12.1 Å². The molecule has 1 aliphatic rings. The summed E-state index contributed by atoms with van der Waals surface area (Å²) in [4.78, 5) is 17.8. The van der Waals surface area contributed by atoms with Crippen LogP contribution in [0.3, 0.4) is 0 Å². The zero-order chi connectivity index (χ0) is 16.6. The molecule has 1 aromatic carbocycles. The Balaban J connectivity index is 1.99. The zero-order valence-electron chi connectivity index (χ0n) is 12.9. The number of nitrogens with zero attached hydrogens (tertiary/aromatic N) is 3. The third kappa shape index (κ3) is 2.57. The van der Waals surface area contributed by atoms with Crippen LogP contribution in [0.5, 0.6) is 0 Å². The Morgan fingerprint density at radius 1 is 1.39 bits per heavy atom. The minimum Gasteiger partial charge on any atom is -0.466 e. The van der Waals surface area contributed by atoms with Crippen LogP contribution in [0.15, 0.2) is 46.0 Å². The maximum atomic E-state index is 12.0. The van der Waals surface area contributed by atoms with Crippen molar-refractivity contribution in [2.45, 2.75) is 18.9 Å². The van der Waals surface area contributed by atoms with Crippen LogP contribution >= 0.6 is 0 Å². The van der Waals surface area contributed by atoms with Crippen molar-refractivity contribution in [3.8, 4) is 17.2 Å². The lowest BCUT2D eigenvalue weighted by Gasteiger charge is -2.31. The number of rotatable bonds is 2. The van der Waals surface area contributed by atoms with Gasteiger partial charge in [0.25, 0.3) is 0 Å². The first-order valence-corrected chi connectivity index (χ1v) is 7.14. The summed E-state index contributed by atoms with van der Waals surface area (Å²) in [5.41, 5.74) is 7.28. The lowest BCUT2D eigenvalue weighted by molar-refractivity contribution is -0.128. The maximum absolute atomic E-state index is 12.0. The number of guanidine groups is 1. The van der Waals surface area contributed by atoms with Crippen molar-refractivity contribution in [2.75, 3.05) is 7.05 Å². The number of aliphatic imine (C=N–C) groups is 1. The SMILES string of the molecule is CN1C(=O)C[C@@](C)(c2cc(-c3cccc(C#N)c3)co2)N=C1N. The number of benzene rings is 1. The number of amides is 1. The van der Waals surface area contributed by atoms with Crippen molar-refractivity contribution in [3.63, 3.8) is 0 Å². The van der Waals surface area contributed by atoms with E-state index >= 15 is 0 Å². The highest BCUT2D eigenvalue weighted by atomic mass is 16.3. The topological polar surface area (TPSA) is 95.6 Å². The average Bonchev–Trinajstić information content (AvgIpc) is 3.03. The van der Waals surface area contributed by atoms with Crippen LogP contribution in [0.2, 0.25) is 0 Å². The number of hydrogen-bond donors (Lipinski definition) is 1. The molecule has 116 valence electrons. The first-order chi connectivity index (χ1) is 10.9. The Kier molecular flexibility index (Phi) is 3.41. The predicted octanol–water partition coefficient (Wildman–Crippen LogP) is 2.21. The molecule has 0 bridgehead atoms. The van der Waals surface area contributed by atoms with E-state index in [1.54, 1.807) is 25.4 Å². The van der Waals surface area contributed by atoms with E-state index in [2.05, 4.69) is 11.1 Å². The Hall–Kier alpha value is -3.07. The minimum atomic E-state index is -0.821. The van der Waals surface area contributed by atoms with Crippen LogP contribution in [-0.4, -0.2) is 23.8 Å². The standard InChI is InChI=1S/C17H16N4O2/c1-17(8-15(22)21(2)16(19)20-17)14-7-13(10-23-14)12-5-3-4-11(6-12)9-18/h3-7,10H,8H2,1-2H3,(H2,19,20)/t17-/m0/s1. The fourth-order valence-electron chi connectivity index (χ4n) is 2.59. The van der Waals surface area contributed by atoms with Crippen molar-refractivity contribution in [3.05, 3.63) is 47.9 Å². The molecule has 3 rings (SSSR count). The van der Waals surface area contributed by atoms with Crippen LogP contribution < -0.4 is 5.73 Å². The Morgan fingerprint density at radius 3 is 2.87 bits per heavy atom. The van der Waals surface area contributed by atoms with Gasteiger partial charge < -0.3 is 10.2 Å². The van der Waals surface area contributed by atoms with E-state index in [-0.39, 0.29) is 18.3 Å². The molecule has 0 fully saturated rings. The van der Waals surface area contributed by atoms with Crippen LogP contribution in [0.4, 0.5) is 0 Å². The fourth-order valence-corrected chi connectivity index (χ4v) is 2.59. The Morgan fingerprint density at radius 2 is 2.17 bits per heavy atom. The normalized spacial score (nSPS) is 21.0. The molecular formula is C17H16N4O2. The van der Waals surface area contributed by atoms with Gasteiger partial charge in [0, 0.05) is 12.6 Å². The molecule has 1 atom stereocenters. The first kappa shape index (κ1) is 14.9. The Labute approximate surface area is 133 Å². The molecule has 2 N–H and O–H groups in total. The van der Waals surface area contributed by atoms with Gasteiger partial charge in [0.1, 0.15) is 11.3 Å². The third-order valence-electron chi connectivity index (χ3n) is 4.03. The molecule has 1 amide bonds. The summed E-state index contributed by atoms with van der Waals surface area (Å²) < 4.78 is 5.65. The summed E-state index contributed by atoms with van der Waals surface area (Å²) in [7, 11) is 1.60. The summed E-state index contributed by atoms with van der Waals surface area (Å²) in [6.45, 7) is 1.82. The average molecular weight is 308 g/mol. The molecule has 6 nitrogen and oxygen atoms in total. The lowest BCUT2D eigenvalue weighted by atomic mass is 9.92. The van der Waals surface area contributed by atoms with E-state index in [9.17, 15) is 4.79 Å². The zero-order valence-corrected chi connectivity index (χ0v) is 12.9. The first-order valence-electron chi connectivity index (χ1n) is 7.14. The van der Waals surface area contributed by atoms with Crippen LogP contribution in [0, 0.1) is 11.3 Å². The number of carbonyl (C=O) groups excluding carboxylic acids is 1. The number of hydrogen-bond acceptors (Lipinski definition) is 5. The largest absolute Gasteiger partial charge is 0.466 e. The molecule has 0 radical (unpaired) electrons. The number of furan rings is 1. The molecule has 0 saturated carbocycles. The molecule has 1 aromatic heterocycles. The van der Waals surface area contributed by atoms with E-state index in [4.69, 9.17) is 15.4 Å². The van der Waals surface area contributed by atoms with Gasteiger partial charge in [-0.3, -0.25) is 9.69 Å². The highest BCUT2D eigenvalue weighted by molar-refractivity contribution is 5.98. The van der Waals surface area contributed by atoms with E-state index in [0.717, 1.165) is 11.1 Å². The predicted molar refractivity (Wildman–Crippen MR) is 85.2 cm³/mol. The van der Waals surface area contributed by atoms with Crippen molar-refractivity contribution in [2.24, 2.45) is 10.7 Å². The number of nitrogens with two attached hydrogens (primary N) is 1. The molecule has 6 heteroatoms. The molecule has 0 aliphatic carbocycles. The van der Waals surface area contributed by atoms with Crippen LogP contribution in [0.1, 0.15) is 24.7 Å². The van der Waals surface area contributed by atoms with E-state index in [1.807, 2.05) is 25.1 Å². The monoisotopic (exact) mass is 308 g/mol. The molecule has 2 aromatic rings. The summed E-state index contributed by atoms with van der Waals surface area (Å²) in [5, 5.41) is 8.99. The van der Waals surface area contributed by atoms with Gasteiger partial charge in [-0.2, -0.15) is 5.26 Å². The van der Waals surface area contributed by atoms with Crippen molar-refractivity contribution in [1.29, 1.82) is 5.26 Å². The summed E-state index contributed by atoms with van der Waals surface area (Å²) >= 11 is 0. The summed E-state index contributed by atoms with van der Waals surface area (Å²) in [6.07, 6.45) is 1.79. The quantitative estimate of drug-likeness (QED) is 0.920. The second kappa shape index (κ2) is 5.29. The molecule has 0 spiro atoms. The summed E-state index contributed by atoms with van der Waals surface area (Å²) in [5.74, 6) is 0.636. The van der Waals surface area contributed by atoms with E-state index in [1.165, 1.54) is 4.90 Å². The van der Waals surface area contributed by atoms with Crippen LogP contribution in [-0.2, 0) is 10.3 Å². The molecule has 23 heavy (non-hydrogen) atoms. The minimum absolute atomic E-state index is 0.107. The fraction of sp³-hybridized carbons (Fsp3) is 0.235. The second-order valence-electron chi connectivity index (χ2n) is 5.77. The third-order valence-corrected chi connectivity index (χ3v) is 4.03. The molecule has 0 saturated heterocycles. The van der Waals surface area contributed by atoms with Crippen molar-refractivity contribution < 1.29 is 9.21 Å². The second-order valence-corrected chi connectivity index (χ2v) is 5.77. The molecular weight excluding hydrogens is 292 g/mol. The van der Waals surface area contributed by atoms with Gasteiger partial charge in [0.05, 0.1) is 24.3 Å². The van der Waals surface area contributed by atoms with Gasteiger partial charge in [-0.15, -0.1) is 0 Å². The van der Waals surface area contributed by atoms with E-state index in [0.29, 0.717) is 11.3 Å². The summed E-state index contributed by atoms with van der Waals surface area (Å²) in [6, 6.07) is 11.2. The van der Waals surface area contributed by atoms with Gasteiger partial charge in [-0.05, 0) is 30.7 Å². The lowest BCUT2D eigenvalue weighted by Crippen LogP contribution is -2.47. The highest BCUT2D eigenvalue weighted by Crippen LogP contribution is 2.36. The smallest absolute Gasteiger partial charge is 0.231 e. The van der Waals surface area contributed by atoms with Crippen molar-refractivity contribution >= 4 is 11.9 Å². The van der Waals surface area contributed by atoms with Gasteiger partial charge >= 0.3 is 0 Å². The van der Waals surface area contributed by atoms with E-state index < -0.39 is 5.54 Å².